The van der Waals surface area contributed by atoms with E-state index in [1.807, 2.05) is 0 Å². The molecular weight excluding hydrogens is 222 g/mol. The molecule has 0 saturated carbocycles. The van der Waals surface area contributed by atoms with E-state index < -0.39 is 6.10 Å². The molecular formula is C16H25NO. The monoisotopic (exact) mass is 247 g/mol. The van der Waals surface area contributed by atoms with Gasteiger partial charge in [0, 0.05) is 5.54 Å². The zero-order valence-corrected chi connectivity index (χ0v) is 12.0. The number of benzene rings is 1. The Kier molecular flexibility index (Phi) is 3.79. The van der Waals surface area contributed by atoms with Gasteiger partial charge in [0.1, 0.15) is 0 Å². The van der Waals surface area contributed by atoms with Crippen molar-refractivity contribution in [3.8, 4) is 0 Å². The summed E-state index contributed by atoms with van der Waals surface area (Å²) in [7, 11) is 0. The van der Waals surface area contributed by atoms with Crippen molar-refractivity contribution in [3.05, 3.63) is 34.9 Å². The van der Waals surface area contributed by atoms with Gasteiger partial charge in [-0.05, 0) is 64.8 Å². The summed E-state index contributed by atoms with van der Waals surface area (Å²) in [5, 5.41) is 10.7. The van der Waals surface area contributed by atoms with Gasteiger partial charge in [0.15, 0.2) is 0 Å². The maximum Gasteiger partial charge on any atom is 0.0970 e. The van der Waals surface area contributed by atoms with Crippen LogP contribution < -0.4 is 0 Å². The van der Waals surface area contributed by atoms with Crippen LogP contribution >= 0.6 is 0 Å². The molecule has 2 heteroatoms. The van der Waals surface area contributed by atoms with Gasteiger partial charge in [0.2, 0.25) is 0 Å². The molecule has 1 fully saturated rings. The largest absolute Gasteiger partial charge is 0.386 e. The van der Waals surface area contributed by atoms with E-state index in [4.69, 9.17) is 0 Å². The molecule has 2 nitrogen and oxygen atoms in total. The summed E-state index contributed by atoms with van der Waals surface area (Å²) < 4.78 is 0. The summed E-state index contributed by atoms with van der Waals surface area (Å²) in [5.74, 6) is 0. The van der Waals surface area contributed by atoms with E-state index >= 15 is 0 Å². The minimum Gasteiger partial charge on any atom is -0.386 e. The zero-order valence-electron chi connectivity index (χ0n) is 12.0. The Bertz CT molecular complexity index is 419. The SMILES string of the molecule is Cc1ccc(C(O)C(C)(C)N2CCCC2)c(C)c1. The average molecular weight is 247 g/mol. The van der Waals surface area contributed by atoms with Crippen LogP contribution in [0.2, 0.25) is 0 Å². The van der Waals surface area contributed by atoms with Crippen LogP contribution in [0.15, 0.2) is 18.2 Å². The zero-order chi connectivity index (χ0) is 13.3. The fourth-order valence-electron chi connectivity index (χ4n) is 2.98. The molecule has 100 valence electrons. The molecule has 1 aliphatic heterocycles. The van der Waals surface area contributed by atoms with Gasteiger partial charge < -0.3 is 5.11 Å². The number of aryl methyl sites for hydroxylation is 2. The molecule has 18 heavy (non-hydrogen) atoms. The third kappa shape index (κ3) is 2.45. The van der Waals surface area contributed by atoms with E-state index in [1.165, 1.54) is 24.0 Å². The van der Waals surface area contributed by atoms with Crippen LogP contribution in [-0.2, 0) is 0 Å². The van der Waals surface area contributed by atoms with Crippen molar-refractivity contribution in [2.45, 2.75) is 52.2 Å². The Morgan fingerprint density at radius 1 is 1.17 bits per heavy atom. The summed E-state index contributed by atoms with van der Waals surface area (Å²) >= 11 is 0. The van der Waals surface area contributed by atoms with Crippen molar-refractivity contribution in [3.63, 3.8) is 0 Å². The second-order valence-corrected chi connectivity index (χ2v) is 6.11. The number of hydrogen-bond donors (Lipinski definition) is 1. The molecule has 1 saturated heterocycles. The van der Waals surface area contributed by atoms with Gasteiger partial charge >= 0.3 is 0 Å². The second kappa shape index (κ2) is 5.02. The molecule has 0 amide bonds. The molecule has 0 radical (unpaired) electrons. The molecule has 0 aliphatic carbocycles. The molecule has 2 rings (SSSR count). The summed E-state index contributed by atoms with van der Waals surface area (Å²) in [5.41, 5.74) is 3.32. The number of rotatable bonds is 3. The molecule has 0 spiro atoms. The Hall–Kier alpha value is -0.860. The Labute approximate surface area is 111 Å². The fraction of sp³-hybridized carbons (Fsp3) is 0.625. The standard InChI is InChI=1S/C16H25NO/c1-12-7-8-14(13(2)11-12)15(18)16(3,4)17-9-5-6-10-17/h7-8,11,15,18H,5-6,9-10H2,1-4H3. The minimum atomic E-state index is -0.420. The molecule has 1 atom stereocenters. The van der Waals surface area contributed by atoms with Crippen molar-refractivity contribution in [1.29, 1.82) is 0 Å². The van der Waals surface area contributed by atoms with Gasteiger partial charge in [0.05, 0.1) is 6.10 Å². The Morgan fingerprint density at radius 3 is 2.33 bits per heavy atom. The lowest BCUT2D eigenvalue weighted by Gasteiger charge is -2.40. The van der Waals surface area contributed by atoms with Crippen molar-refractivity contribution in [2.24, 2.45) is 0 Å². The predicted octanol–water partition coefficient (Wildman–Crippen LogP) is 3.21. The Balaban J connectivity index is 2.26. The van der Waals surface area contributed by atoms with Crippen LogP contribution in [0.5, 0.6) is 0 Å². The molecule has 1 aromatic rings. The van der Waals surface area contributed by atoms with Crippen molar-refractivity contribution < 1.29 is 5.11 Å². The lowest BCUT2D eigenvalue weighted by Crippen LogP contribution is -2.47. The van der Waals surface area contributed by atoms with E-state index in [0.717, 1.165) is 18.7 Å². The second-order valence-electron chi connectivity index (χ2n) is 6.11. The van der Waals surface area contributed by atoms with Crippen molar-refractivity contribution in [2.75, 3.05) is 13.1 Å². The normalized spacial score (nSPS) is 19.2. The van der Waals surface area contributed by atoms with Gasteiger partial charge in [-0.25, -0.2) is 0 Å². The number of aliphatic hydroxyl groups excluding tert-OH is 1. The molecule has 1 N–H and O–H groups in total. The maximum atomic E-state index is 10.7. The molecule has 1 aliphatic rings. The first-order valence-corrected chi connectivity index (χ1v) is 6.93. The van der Waals surface area contributed by atoms with E-state index in [-0.39, 0.29) is 5.54 Å². The number of aliphatic hydroxyl groups is 1. The van der Waals surface area contributed by atoms with E-state index in [1.54, 1.807) is 0 Å². The molecule has 0 aromatic heterocycles. The average Bonchev–Trinajstić information content (AvgIpc) is 2.82. The first-order valence-electron chi connectivity index (χ1n) is 6.93. The smallest absolute Gasteiger partial charge is 0.0970 e. The molecule has 1 aromatic carbocycles. The van der Waals surface area contributed by atoms with Gasteiger partial charge in [-0.3, -0.25) is 4.90 Å². The summed E-state index contributed by atoms with van der Waals surface area (Å²) in [6, 6.07) is 6.32. The summed E-state index contributed by atoms with van der Waals surface area (Å²) in [6.07, 6.45) is 2.09. The summed E-state index contributed by atoms with van der Waals surface area (Å²) in [6.45, 7) is 10.7. The van der Waals surface area contributed by atoms with Crippen LogP contribution in [0, 0.1) is 13.8 Å². The van der Waals surface area contributed by atoms with E-state index in [9.17, 15) is 5.11 Å². The fourth-order valence-corrected chi connectivity index (χ4v) is 2.98. The van der Waals surface area contributed by atoms with Crippen LogP contribution in [0.4, 0.5) is 0 Å². The van der Waals surface area contributed by atoms with Crippen molar-refractivity contribution >= 4 is 0 Å². The maximum absolute atomic E-state index is 10.7. The predicted molar refractivity (Wildman–Crippen MR) is 75.8 cm³/mol. The van der Waals surface area contributed by atoms with Crippen LogP contribution in [0.3, 0.4) is 0 Å². The number of likely N-dealkylation sites (tertiary alicyclic amines) is 1. The lowest BCUT2D eigenvalue weighted by molar-refractivity contribution is 0.000966. The van der Waals surface area contributed by atoms with Gasteiger partial charge in [0.25, 0.3) is 0 Å². The number of hydrogen-bond acceptors (Lipinski definition) is 2. The van der Waals surface area contributed by atoms with E-state index in [0.29, 0.717) is 0 Å². The number of nitrogens with zero attached hydrogens (tertiary/aromatic N) is 1. The summed E-state index contributed by atoms with van der Waals surface area (Å²) in [4.78, 5) is 2.41. The highest BCUT2D eigenvalue weighted by Gasteiger charge is 2.37. The quantitative estimate of drug-likeness (QED) is 0.886. The highest BCUT2D eigenvalue weighted by Crippen LogP contribution is 2.34. The highest BCUT2D eigenvalue weighted by atomic mass is 16.3. The molecule has 0 bridgehead atoms. The molecule has 1 unspecified atom stereocenters. The first kappa shape index (κ1) is 13.6. The first-order chi connectivity index (χ1) is 8.43. The van der Waals surface area contributed by atoms with Gasteiger partial charge in [-0.1, -0.05) is 23.8 Å². The Morgan fingerprint density at radius 2 is 1.78 bits per heavy atom. The van der Waals surface area contributed by atoms with Gasteiger partial charge in [-0.15, -0.1) is 0 Å². The van der Waals surface area contributed by atoms with Crippen LogP contribution in [-0.4, -0.2) is 28.6 Å². The van der Waals surface area contributed by atoms with Crippen LogP contribution in [0.25, 0.3) is 0 Å². The third-order valence-electron chi connectivity index (χ3n) is 4.31. The topological polar surface area (TPSA) is 23.5 Å². The van der Waals surface area contributed by atoms with Gasteiger partial charge in [-0.2, -0.15) is 0 Å². The third-order valence-corrected chi connectivity index (χ3v) is 4.31. The molecule has 1 heterocycles. The van der Waals surface area contributed by atoms with Crippen molar-refractivity contribution in [1.82, 2.24) is 4.90 Å². The minimum absolute atomic E-state index is 0.184. The lowest BCUT2D eigenvalue weighted by atomic mass is 9.87. The van der Waals surface area contributed by atoms with Crippen LogP contribution in [0.1, 0.15) is 49.5 Å². The highest BCUT2D eigenvalue weighted by molar-refractivity contribution is 5.33. The van der Waals surface area contributed by atoms with E-state index in [2.05, 4.69) is 50.8 Å².